The number of nitrogens with zero attached hydrogens (tertiary/aromatic N) is 2. The first-order valence-corrected chi connectivity index (χ1v) is 8.24. The normalized spacial score (nSPS) is 15.2. The van der Waals surface area contributed by atoms with Gasteiger partial charge in [0.05, 0.1) is 20.3 Å². The first kappa shape index (κ1) is 18.4. The van der Waals surface area contributed by atoms with Crippen LogP contribution in [0.15, 0.2) is 24.3 Å². The summed E-state index contributed by atoms with van der Waals surface area (Å²) in [5.74, 6) is 1.55. The molecule has 0 aromatic heterocycles. The highest BCUT2D eigenvalue weighted by molar-refractivity contribution is 5.74. The highest BCUT2D eigenvalue weighted by Gasteiger charge is 2.20. The molecule has 1 saturated heterocycles. The third-order valence-corrected chi connectivity index (χ3v) is 3.98. The van der Waals surface area contributed by atoms with Gasteiger partial charge < -0.3 is 24.4 Å². The second-order valence-electron chi connectivity index (χ2n) is 5.58. The number of hydrogen-bond donors (Lipinski definition) is 1. The predicted molar refractivity (Wildman–Crippen MR) is 91.8 cm³/mol. The van der Waals surface area contributed by atoms with Gasteiger partial charge in [0.25, 0.3) is 0 Å². The Bertz CT molecular complexity index is 487. The number of nitrogens with one attached hydrogen (secondary N) is 1. The fourth-order valence-corrected chi connectivity index (χ4v) is 2.51. The fraction of sp³-hybridized carbons (Fsp3) is 0.588. The number of rotatable bonds is 8. The van der Waals surface area contributed by atoms with E-state index in [4.69, 9.17) is 14.2 Å². The molecule has 0 radical (unpaired) electrons. The van der Waals surface area contributed by atoms with Gasteiger partial charge in [0, 0.05) is 39.8 Å². The van der Waals surface area contributed by atoms with Gasteiger partial charge in [-0.1, -0.05) is 0 Å². The molecule has 0 aliphatic carbocycles. The molecule has 1 aliphatic rings. The summed E-state index contributed by atoms with van der Waals surface area (Å²) in [6.07, 6.45) is 0. The molecule has 1 aromatic rings. The van der Waals surface area contributed by atoms with Gasteiger partial charge in [-0.3, -0.25) is 4.90 Å². The van der Waals surface area contributed by atoms with E-state index in [1.54, 1.807) is 14.2 Å². The molecule has 24 heavy (non-hydrogen) atoms. The lowest BCUT2D eigenvalue weighted by atomic mass is 10.3. The topological polar surface area (TPSA) is 63.3 Å². The zero-order chi connectivity index (χ0) is 17.2. The van der Waals surface area contributed by atoms with Crippen molar-refractivity contribution < 1.29 is 19.0 Å². The van der Waals surface area contributed by atoms with Crippen molar-refractivity contribution in [1.82, 2.24) is 15.1 Å². The standard InChI is InChI=1S/C17H27N3O4/c1-22-14-12-19-8-10-20(11-9-19)17(21)18-7-13-24-16-5-3-15(23-2)4-6-16/h3-6H,7-14H2,1-2H3,(H,18,21). The van der Waals surface area contributed by atoms with Crippen molar-refractivity contribution in [3.05, 3.63) is 24.3 Å². The molecule has 0 unspecified atom stereocenters. The number of carbonyl (C=O) groups excluding carboxylic acids is 1. The van der Waals surface area contributed by atoms with E-state index >= 15 is 0 Å². The number of benzene rings is 1. The average molecular weight is 337 g/mol. The second kappa shape index (κ2) is 10.00. The molecule has 0 saturated carbocycles. The second-order valence-corrected chi connectivity index (χ2v) is 5.58. The Balaban J connectivity index is 1.59. The summed E-state index contributed by atoms with van der Waals surface area (Å²) in [6, 6.07) is 7.35. The quantitative estimate of drug-likeness (QED) is 0.719. The first-order chi connectivity index (χ1) is 11.7. The highest BCUT2D eigenvalue weighted by atomic mass is 16.5. The van der Waals surface area contributed by atoms with Crippen LogP contribution in [0.1, 0.15) is 0 Å². The summed E-state index contributed by atoms with van der Waals surface area (Å²) in [6.45, 7) is 5.83. The molecule has 0 atom stereocenters. The Hall–Kier alpha value is -1.99. The third kappa shape index (κ3) is 5.90. The molecule has 1 heterocycles. The monoisotopic (exact) mass is 337 g/mol. The molecule has 134 valence electrons. The molecule has 7 nitrogen and oxygen atoms in total. The van der Waals surface area contributed by atoms with Gasteiger partial charge in [-0.25, -0.2) is 4.79 Å². The minimum atomic E-state index is -0.0280. The summed E-state index contributed by atoms with van der Waals surface area (Å²) in [4.78, 5) is 16.3. The van der Waals surface area contributed by atoms with E-state index < -0.39 is 0 Å². The van der Waals surface area contributed by atoms with Crippen LogP contribution in [-0.4, -0.2) is 82.5 Å². The number of amides is 2. The third-order valence-electron chi connectivity index (χ3n) is 3.98. The van der Waals surface area contributed by atoms with Crippen LogP contribution >= 0.6 is 0 Å². The van der Waals surface area contributed by atoms with Crippen LogP contribution < -0.4 is 14.8 Å². The number of urea groups is 1. The molecule has 7 heteroatoms. The van der Waals surface area contributed by atoms with Crippen molar-refractivity contribution in [2.75, 3.05) is 66.7 Å². The van der Waals surface area contributed by atoms with Crippen molar-refractivity contribution >= 4 is 6.03 Å². The van der Waals surface area contributed by atoms with Crippen LogP contribution in [-0.2, 0) is 4.74 Å². The van der Waals surface area contributed by atoms with Gasteiger partial charge in [0.1, 0.15) is 18.1 Å². The van der Waals surface area contributed by atoms with E-state index in [2.05, 4.69) is 10.2 Å². The Morgan fingerprint density at radius 2 is 1.71 bits per heavy atom. The molecule has 0 spiro atoms. The van der Waals surface area contributed by atoms with Crippen molar-refractivity contribution in [3.8, 4) is 11.5 Å². The Labute approximate surface area is 143 Å². The van der Waals surface area contributed by atoms with Gasteiger partial charge in [-0.15, -0.1) is 0 Å². The van der Waals surface area contributed by atoms with Crippen molar-refractivity contribution in [1.29, 1.82) is 0 Å². The highest BCUT2D eigenvalue weighted by Crippen LogP contribution is 2.16. The molecule has 0 bridgehead atoms. The summed E-state index contributed by atoms with van der Waals surface area (Å²) in [5, 5.41) is 2.90. The summed E-state index contributed by atoms with van der Waals surface area (Å²) >= 11 is 0. The number of piperazine rings is 1. The first-order valence-electron chi connectivity index (χ1n) is 8.24. The average Bonchev–Trinajstić information content (AvgIpc) is 2.64. The maximum atomic E-state index is 12.1. The van der Waals surface area contributed by atoms with Crippen LogP contribution in [0.3, 0.4) is 0 Å². The lowest BCUT2D eigenvalue weighted by Gasteiger charge is -2.34. The Morgan fingerprint density at radius 1 is 1.04 bits per heavy atom. The van der Waals surface area contributed by atoms with E-state index in [0.717, 1.165) is 50.8 Å². The molecule has 1 aliphatic heterocycles. The van der Waals surface area contributed by atoms with Crippen molar-refractivity contribution in [2.24, 2.45) is 0 Å². The van der Waals surface area contributed by atoms with Crippen LogP contribution in [0.5, 0.6) is 11.5 Å². The van der Waals surface area contributed by atoms with Crippen LogP contribution in [0.2, 0.25) is 0 Å². The largest absolute Gasteiger partial charge is 0.497 e. The van der Waals surface area contributed by atoms with Gasteiger partial charge >= 0.3 is 6.03 Å². The van der Waals surface area contributed by atoms with E-state index in [0.29, 0.717) is 13.2 Å². The van der Waals surface area contributed by atoms with Gasteiger partial charge in [-0.05, 0) is 24.3 Å². The van der Waals surface area contributed by atoms with Gasteiger partial charge in [0.2, 0.25) is 0 Å². The number of hydrogen-bond acceptors (Lipinski definition) is 5. The van der Waals surface area contributed by atoms with Crippen LogP contribution in [0.4, 0.5) is 4.79 Å². The van der Waals surface area contributed by atoms with E-state index in [9.17, 15) is 4.79 Å². The zero-order valence-corrected chi connectivity index (χ0v) is 14.5. The number of ether oxygens (including phenoxy) is 3. The maximum absolute atomic E-state index is 12.1. The van der Waals surface area contributed by atoms with Crippen molar-refractivity contribution in [2.45, 2.75) is 0 Å². The zero-order valence-electron chi connectivity index (χ0n) is 14.5. The molecular weight excluding hydrogens is 310 g/mol. The minimum Gasteiger partial charge on any atom is -0.497 e. The lowest BCUT2D eigenvalue weighted by Crippen LogP contribution is -2.52. The van der Waals surface area contributed by atoms with Gasteiger partial charge in [-0.2, -0.15) is 0 Å². The molecule has 2 rings (SSSR count). The summed E-state index contributed by atoms with van der Waals surface area (Å²) in [5.41, 5.74) is 0. The Morgan fingerprint density at radius 3 is 2.33 bits per heavy atom. The van der Waals surface area contributed by atoms with E-state index in [-0.39, 0.29) is 6.03 Å². The lowest BCUT2D eigenvalue weighted by molar-refractivity contribution is 0.105. The Kier molecular flexibility index (Phi) is 7.64. The number of carbonyl (C=O) groups is 1. The molecule has 1 N–H and O–H groups in total. The molecule has 2 amide bonds. The van der Waals surface area contributed by atoms with Crippen molar-refractivity contribution in [3.63, 3.8) is 0 Å². The van der Waals surface area contributed by atoms with E-state index in [1.165, 1.54) is 0 Å². The minimum absolute atomic E-state index is 0.0280. The SMILES string of the molecule is COCCN1CCN(C(=O)NCCOc2ccc(OC)cc2)CC1. The fourth-order valence-electron chi connectivity index (χ4n) is 2.51. The van der Waals surface area contributed by atoms with Gasteiger partial charge in [0.15, 0.2) is 0 Å². The van der Waals surface area contributed by atoms with E-state index in [1.807, 2.05) is 29.2 Å². The molecule has 1 fully saturated rings. The maximum Gasteiger partial charge on any atom is 0.317 e. The molecular formula is C17H27N3O4. The summed E-state index contributed by atoms with van der Waals surface area (Å²) < 4.78 is 15.8. The summed E-state index contributed by atoms with van der Waals surface area (Å²) in [7, 11) is 3.33. The predicted octanol–water partition coefficient (Wildman–Crippen LogP) is 1.05. The number of methoxy groups -OCH3 is 2. The molecule has 1 aromatic carbocycles. The van der Waals surface area contributed by atoms with Crippen LogP contribution in [0, 0.1) is 0 Å². The smallest absolute Gasteiger partial charge is 0.317 e. The van der Waals surface area contributed by atoms with Crippen LogP contribution in [0.25, 0.3) is 0 Å².